The minimum Gasteiger partial charge on any atom is -0.493 e. The summed E-state index contributed by atoms with van der Waals surface area (Å²) in [5, 5.41) is 10.5. The van der Waals surface area contributed by atoms with E-state index in [0.717, 1.165) is 28.2 Å². The number of allylic oxidation sites excluding steroid dienone is 1. The standard InChI is InChI=1S/C21H18N2O4S/c1-26-17-8-4-5-9-18(17)27-11-10-23-20(24)19(28-21(23)25)12-14-13-22-16-7-3-2-6-15(14)16/h2-9,12-13,24H,10-11H2,1H3/b14-12-. The number of hydrogen-bond donors (Lipinski definition) is 1. The van der Waals surface area contributed by atoms with Crippen LogP contribution in [0.2, 0.25) is 0 Å². The van der Waals surface area contributed by atoms with E-state index in [9.17, 15) is 9.90 Å². The Morgan fingerprint density at radius 3 is 2.71 bits per heavy atom. The number of benzene rings is 2. The first-order valence-corrected chi connectivity index (χ1v) is 9.52. The molecule has 0 bridgehead atoms. The zero-order chi connectivity index (χ0) is 19.5. The van der Waals surface area contributed by atoms with Crippen molar-refractivity contribution in [2.45, 2.75) is 6.54 Å². The van der Waals surface area contributed by atoms with Crippen LogP contribution in [0.4, 0.5) is 5.69 Å². The zero-order valence-electron chi connectivity index (χ0n) is 15.2. The molecule has 0 atom stereocenters. The maximum Gasteiger partial charge on any atom is 0.310 e. The van der Waals surface area contributed by atoms with E-state index < -0.39 is 0 Å². The summed E-state index contributed by atoms with van der Waals surface area (Å²) in [5.74, 6) is 1.15. The molecule has 0 aliphatic carbocycles. The lowest BCUT2D eigenvalue weighted by molar-refractivity contribution is 0.271. The van der Waals surface area contributed by atoms with Crippen molar-refractivity contribution in [3.05, 3.63) is 68.6 Å². The average Bonchev–Trinajstić information content (AvgIpc) is 3.24. The fourth-order valence-corrected chi connectivity index (χ4v) is 3.85. The van der Waals surface area contributed by atoms with Crippen LogP contribution < -0.4 is 14.3 Å². The van der Waals surface area contributed by atoms with Gasteiger partial charge in [0.1, 0.15) is 6.61 Å². The number of nitrogens with zero attached hydrogens (tertiary/aromatic N) is 2. The number of aromatic hydroxyl groups is 1. The molecule has 1 aliphatic heterocycles. The van der Waals surface area contributed by atoms with Gasteiger partial charge < -0.3 is 14.6 Å². The van der Waals surface area contributed by atoms with E-state index in [1.165, 1.54) is 4.57 Å². The summed E-state index contributed by atoms with van der Waals surface area (Å²) in [7, 11) is 1.57. The Morgan fingerprint density at radius 1 is 1.14 bits per heavy atom. The summed E-state index contributed by atoms with van der Waals surface area (Å²) in [6, 6.07) is 15.0. The number of fused-ring (bicyclic) bond motifs is 1. The second-order valence-electron chi connectivity index (χ2n) is 6.08. The van der Waals surface area contributed by atoms with Gasteiger partial charge in [0.15, 0.2) is 11.5 Å². The molecule has 28 heavy (non-hydrogen) atoms. The minimum absolute atomic E-state index is 0.0658. The van der Waals surface area contributed by atoms with Crippen LogP contribution in [0.15, 0.2) is 58.3 Å². The lowest BCUT2D eigenvalue weighted by Crippen LogP contribution is -2.17. The SMILES string of the molecule is COc1ccccc1OCCn1c(O)c(/C=C2/C=Nc3ccccc32)sc1=O. The largest absolute Gasteiger partial charge is 0.493 e. The molecule has 0 saturated heterocycles. The summed E-state index contributed by atoms with van der Waals surface area (Å²) in [5.41, 5.74) is 2.73. The second-order valence-corrected chi connectivity index (χ2v) is 7.08. The molecule has 3 aromatic rings. The molecule has 0 spiro atoms. The van der Waals surface area contributed by atoms with Gasteiger partial charge in [0.05, 0.1) is 24.2 Å². The van der Waals surface area contributed by atoms with E-state index in [-0.39, 0.29) is 23.9 Å². The Bertz CT molecular complexity index is 1130. The van der Waals surface area contributed by atoms with Gasteiger partial charge >= 0.3 is 4.87 Å². The van der Waals surface area contributed by atoms with Crippen LogP contribution >= 0.6 is 11.3 Å². The molecule has 142 valence electrons. The molecular formula is C21H18N2O4S. The summed E-state index contributed by atoms with van der Waals surface area (Å²) in [6.07, 6.45) is 3.53. The van der Waals surface area contributed by atoms with Gasteiger partial charge in [-0.2, -0.15) is 0 Å². The topological polar surface area (TPSA) is 73.1 Å². The third kappa shape index (κ3) is 3.44. The van der Waals surface area contributed by atoms with Gasteiger partial charge in [-0.25, -0.2) is 0 Å². The third-order valence-corrected chi connectivity index (χ3v) is 5.29. The van der Waals surface area contributed by atoms with Crippen LogP contribution in [0.25, 0.3) is 11.6 Å². The van der Waals surface area contributed by atoms with E-state index in [1.807, 2.05) is 36.4 Å². The van der Waals surface area contributed by atoms with Gasteiger partial charge in [-0.3, -0.25) is 14.4 Å². The van der Waals surface area contributed by atoms with Crippen molar-refractivity contribution < 1.29 is 14.6 Å². The van der Waals surface area contributed by atoms with Crippen molar-refractivity contribution >= 4 is 34.9 Å². The number of aliphatic imine (C=N–C) groups is 1. The van der Waals surface area contributed by atoms with Crippen LogP contribution in [0.5, 0.6) is 17.4 Å². The number of ether oxygens (including phenoxy) is 2. The first-order chi connectivity index (χ1) is 13.7. The first-order valence-electron chi connectivity index (χ1n) is 8.71. The lowest BCUT2D eigenvalue weighted by Gasteiger charge is -2.10. The van der Waals surface area contributed by atoms with E-state index in [1.54, 1.807) is 31.5 Å². The molecule has 1 N–H and O–H groups in total. The molecular weight excluding hydrogens is 376 g/mol. The quantitative estimate of drug-likeness (QED) is 0.687. The predicted octanol–water partition coefficient (Wildman–Crippen LogP) is 3.96. The monoisotopic (exact) mass is 394 g/mol. The van der Waals surface area contributed by atoms with Crippen molar-refractivity contribution in [3.63, 3.8) is 0 Å². The number of rotatable bonds is 6. The molecule has 7 heteroatoms. The smallest absolute Gasteiger partial charge is 0.310 e. The van der Waals surface area contributed by atoms with Gasteiger partial charge in [0.2, 0.25) is 5.88 Å². The van der Waals surface area contributed by atoms with Gasteiger partial charge in [-0.05, 0) is 24.3 Å². The Morgan fingerprint density at radius 2 is 1.89 bits per heavy atom. The lowest BCUT2D eigenvalue weighted by atomic mass is 10.1. The number of thiazole rings is 1. The van der Waals surface area contributed by atoms with Crippen LogP contribution in [-0.4, -0.2) is 29.6 Å². The Balaban J connectivity index is 1.52. The summed E-state index contributed by atoms with van der Waals surface area (Å²) >= 11 is 0.996. The molecule has 1 aromatic heterocycles. The maximum atomic E-state index is 12.3. The normalized spacial score (nSPS) is 13.7. The number of aromatic nitrogens is 1. The zero-order valence-corrected chi connectivity index (χ0v) is 16.0. The van der Waals surface area contributed by atoms with Crippen molar-refractivity contribution in [1.82, 2.24) is 4.57 Å². The number of hydrogen-bond acceptors (Lipinski definition) is 6. The van der Waals surface area contributed by atoms with Crippen molar-refractivity contribution in [3.8, 4) is 17.4 Å². The molecule has 4 rings (SSSR count). The van der Waals surface area contributed by atoms with E-state index in [0.29, 0.717) is 16.4 Å². The van der Waals surface area contributed by atoms with E-state index >= 15 is 0 Å². The highest BCUT2D eigenvalue weighted by Gasteiger charge is 2.16. The molecule has 6 nitrogen and oxygen atoms in total. The van der Waals surface area contributed by atoms with Gasteiger partial charge in [-0.1, -0.05) is 41.7 Å². The molecule has 1 aliphatic rings. The maximum absolute atomic E-state index is 12.3. The van der Waals surface area contributed by atoms with Crippen LogP contribution in [0.1, 0.15) is 10.4 Å². The number of methoxy groups -OCH3 is 1. The second kappa shape index (κ2) is 7.74. The third-order valence-electron chi connectivity index (χ3n) is 4.38. The molecule has 0 fully saturated rings. The van der Waals surface area contributed by atoms with E-state index in [2.05, 4.69) is 4.99 Å². The fourth-order valence-electron chi connectivity index (χ4n) is 2.99. The number of para-hydroxylation sites is 3. The van der Waals surface area contributed by atoms with Crippen LogP contribution in [0.3, 0.4) is 0 Å². The molecule has 0 amide bonds. The first kappa shape index (κ1) is 18.1. The highest BCUT2D eigenvalue weighted by molar-refractivity contribution is 7.10. The summed E-state index contributed by atoms with van der Waals surface area (Å²) in [6.45, 7) is 0.456. The minimum atomic E-state index is -0.240. The molecule has 0 unspecified atom stereocenters. The molecule has 0 saturated carbocycles. The Kier molecular flexibility index (Phi) is 4.99. The van der Waals surface area contributed by atoms with Gasteiger partial charge in [0, 0.05) is 17.4 Å². The van der Waals surface area contributed by atoms with Crippen LogP contribution in [0, 0.1) is 0 Å². The molecule has 2 heterocycles. The summed E-state index contributed by atoms with van der Waals surface area (Å²) < 4.78 is 12.3. The van der Waals surface area contributed by atoms with E-state index in [4.69, 9.17) is 9.47 Å². The van der Waals surface area contributed by atoms with Crippen LogP contribution in [-0.2, 0) is 6.54 Å². The van der Waals surface area contributed by atoms with Crippen molar-refractivity contribution in [1.29, 1.82) is 0 Å². The highest BCUT2D eigenvalue weighted by Crippen LogP contribution is 2.34. The fraction of sp³-hybridized carbons (Fsp3) is 0.143. The predicted molar refractivity (Wildman–Crippen MR) is 111 cm³/mol. The highest BCUT2D eigenvalue weighted by atomic mass is 32.1. The van der Waals surface area contributed by atoms with Gasteiger partial charge in [0.25, 0.3) is 0 Å². The van der Waals surface area contributed by atoms with Crippen molar-refractivity contribution in [2.75, 3.05) is 13.7 Å². The summed E-state index contributed by atoms with van der Waals surface area (Å²) in [4.78, 5) is 16.9. The van der Waals surface area contributed by atoms with Gasteiger partial charge in [-0.15, -0.1) is 0 Å². The average molecular weight is 394 g/mol. The molecule has 2 aromatic carbocycles. The Labute approximate surface area is 165 Å². The Hall–Kier alpha value is -3.32. The van der Waals surface area contributed by atoms with Crippen molar-refractivity contribution in [2.24, 2.45) is 4.99 Å². The molecule has 0 radical (unpaired) electrons.